The monoisotopic (exact) mass is 427 g/mol. The van der Waals surface area contributed by atoms with Gasteiger partial charge in [0.25, 0.3) is 11.6 Å². The number of rotatable bonds is 7. The van der Waals surface area contributed by atoms with E-state index in [2.05, 4.69) is 0 Å². The Morgan fingerprint density at radius 2 is 1.81 bits per heavy atom. The zero-order chi connectivity index (χ0) is 22.5. The topological polar surface area (TPSA) is 102 Å². The normalized spacial score (nSPS) is 12.7. The lowest BCUT2D eigenvalue weighted by Gasteiger charge is -2.31. The van der Waals surface area contributed by atoms with Crippen LogP contribution >= 0.6 is 0 Å². The second kappa shape index (κ2) is 9.46. The molecule has 0 radical (unpaired) electrons. The highest BCUT2D eigenvalue weighted by atomic mass is 16.6. The van der Waals surface area contributed by atoms with E-state index in [0.717, 1.165) is 11.1 Å². The number of non-ortho nitro benzene ring substituents is 1. The Morgan fingerprint density at radius 3 is 2.42 bits per heavy atom. The average Bonchev–Trinajstić information content (AvgIpc) is 2.80. The number of nitrogens with zero attached hydrogens (tertiary/aromatic N) is 3. The molecule has 2 aromatic rings. The van der Waals surface area contributed by atoms with Crippen molar-refractivity contribution in [2.75, 3.05) is 33.9 Å². The molecule has 0 unspecified atom stereocenters. The van der Waals surface area contributed by atoms with Gasteiger partial charge in [0.05, 0.1) is 19.1 Å². The largest absolute Gasteiger partial charge is 0.493 e. The van der Waals surface area contributed by atoms with Gasteiger partial charge in [-0.1, -0.05) is 6.07 Å². The van der Waals surface area contributed by atoms with Crippen LogP contribution in [0.25, 0.3) is 0 Å². The highest BCUT2D eigenvalue weighted by Crippen LogP contribution is 2.33. The third-order valence-electron chi connectivity index (χ3n) is 5.37. The Labute approximate surface area is 180 Å². The molecule has 1 heterocycles. The molecular weight excluding hydrogens is 402 g/mol. The van der Waals surface area contributed by atoms with Gasteiger partial charge < -0.3 is 19.3 Å². The molecule has 0 bridgehead atoms. The molecule has 31 heavy (non-hydrogen) atoms. The van der Waals surface area contributed by atoms with Gasteiger partial charge in [0.1, 0.15) is 6.54 Å². The zero-order valence-corrected chi connectivity index (χ0v) is 17.8. The van der Waals surface area contributed by atoms with Crippen molar-refractivity contribution < 1.29 is 24.0 Å². The molecule has 3 rings (SSSR count). The van der Waals surface area contributed by atoms with E-state index in [0.29, 0.717) is 37.6 Å². The SMILES string of the molecule is CCN(CC(=O)N1CCc2cc(OC)c(OC)cc2C1)C(=O)c1cccc([N+](=O)[O-])c1. The molecule has 164 valence electrons. The van der Waals surface area contributed by atoms with Gasteiger partial charge in [0, 0.05) is 37.3 Å². The van der Waals surface area contributed by atoms with Crippen molar-refractivity contribution in [2.45, 2.75) is 19.9 Å². The Balaban J connectivity index is 1.72. The van der Waals surface area contributed by atoms with Gasteiger partial charge in [-0.2, -0.15) is 0 Å². The summed E-state index contributed by atoms with van der Waals surface area (Å²) in [5.41, 5.74) is 2.10. The minimum atomic E-state index is -0.549. The summed E-state index contributed by atoms with van der Waals surface area (Å²) in [4.78, 5) is 39.3. The third kappa shape index (κ3) is 4.76. The van der Waals surface area contributed by atoms with Gasteiger partial charge >= 0.3 is 0 Å². The minimum absolute atomic E-state index is 0.0966. The number of methoxy groups -OCH3 is 2. The molecule has 0 spiro atoms. The standard InChI is InChI=1S/C22H25N3O6/c1-4-23(22(27)16-6-5-7-18(10-16)25(28)29)14-21(26)24-9-8-15-11-19(30-2)20(31-3)12-17(15)13-24/h5-7,10-12H,4,8-9,13-14H2,1-3H3. The smallest absolute Gasteiger partial charge is 0.270 e. The van der Waals surface area contributed by atoms with Crippen molar-refractivity contribution in [2.24, 2.45) is 0 Å². The second-order valence-corrected chi connectivity index (χ2v) is 7.17. The first kappa shape index (κ1) is 22.1. The first-order valence-corrected chi connectivity index (χ1v) is 9.93. The van der Waals surface area contributed by atoms with Crippen molar-refractivity contribution in [1.29, 1.82) is 0 Å². The van der Waals surface area contributed by atoms with Gasteiger partial charge in [-0.25, -0.2) is 0 Å². The summed E-state index contributed by atoms with van der Waals surface area (Å²) in [5, 5.41) is 11.0. The van der Waals surface area contributed by atoms with Crippen LogP contribution in [0.15, 0.2) is 36.4 Å². The number of nitro groups is 1. The fourth-order valence-corrected chi connectivity index (χ4v) is 3.62. The lowest BCUT2D eigenvalue weighted by atomic mass is 9.98. The van der Waals surface area contributed by atoms with Gasteiger partial charge in [-0.3, -0.25) is 19.7 Å². The van der Waals surface area contributed by atoms with Crippen LogP contribution in [0.2, 0.25) is 0 Å². The Hall–Kier alpha value is -3.62. The maximum Gasteiger partial charge on any atom is 0.270 e. The number of nitro benzene ring substituents is 1. The number of ether oxygens (including phenoxy) is 2. The number of benzene rings is 2. The van der Waals surface area contributed by atoms with Crippen LogP contribution in [-0.2, 0) is 17.8 Å². The van der Waals surface area contributed by atoms with Gasteiger partial charge in [-0.05, 0) is 42.7 Å². The number of carbonyl (C=O) groups is 2. The Morgan fingerprint density at radius 1 is 1.13 bits per heavy atom. The number of hydrogen-bond acceptors (Lipinski definition) is 6. The molecule has 0 saturated heterocycles. The molecule has 2 aromatic carbocycles. The number of fused-ring (bicyclic) bond motifs is 1. The van der Waals surface area contributed by atoms with Crippen LogP contribution in [0, 0.1) is 10.1 Å². The molecule has 0 saturated carbocycles. The molecule has 9 nitrogen and oxygen atoms in total. The lowest BCUT2D eigenvalue weighted by Crippen LogP contribution is -2.44. The molecule has 2 amide bonds. The van der Waals surface area contributed by atoms with Crippen molar-refractivity contribution in [3.63, 3.8) is 0 Å². The molecule has 0 aliphatic carbocycles. The second-order valence-electron chi connectivity index (χ2n) is 7.17. The number of likely N-dealkylation sites (N-methyl/N-ethyl adjacent to an activating group) is 1. The van der Waals surface area contributed by atoms with E-state index >= 15 is 0 Å². The quantitative estimate of drug-likeness (QED) is 0.497. The summed E-state index contributed by atoms with van der Waals surface area (Å²) in [5.74, 6) is 0.664. The fourth-order valence-electron chi connectivity index (χ4n) is 3.62. The van der Waals surface area contributed by atoms with E-state index in [1.54, 1.807) is 26.0 Å². The molecule has 0 N–H and O–H groups in total. The maximum absolute atomic E-state index is 12.9. The fraction of sp³-hybridized carbons (Fsp3) is 0.364. The van der Waals surface area contributed by atoms with Gasteiger partial charge in [-0.15, -0.1) is 0 Å². The predicted molar refractivity (Wildman–Crippen MR) is 113 cm³/mol. The van der Waals surface area contributed by atoms with Crippen LogP contribution in [0.4, 0.5) is 5.69 Å². The van der Waals surface area contributed by atoms with Gasteiger partial charge in [0.2, 0.25) is 5.91 Å². The highest BCUT2D eigenvalue weighted by Gasteiger charge is 2.26. The number of hydrogen-bond donors (Lipinski definition) is 0. The summed E-state index contributed by atoms with van der Waals surface area (Å²) < 4.78 is 10.7. The summed E-state index contributed by atoms with van der Waals surface area (Å²) in [6, 6.07) is 9.34. The third-order valence-corrected chi connectivity index (χ3v) is 5.37. The van der Waals surface area contributed by atoms with E-state index in [4.69, 9.17) is 9.47 Å². The van der Waals surface area contributed by atoms with Crippen molar-refractivity contribution in [1.82, 2.24) is 9.80 Å². The highest BCUT2D eigenvalue weighted by molar-refractivity contribution is 5.97. The molecule has 9 heteroatoms. The minimum Gasteiger partial charge on any atom is -0.493 e. The predicted octanol–water partition coefficient (Wildman–Crippen LogP) is 2.66. The Kier molecular flexibility index (Phi) is 6.74. The number of amides is 2. The van der Waals surface area contributed by atoms with Crippen LogP contribution in [0.5, 0.6) is 11.5 Å². The van der Waals surface area contributed by atoms with Crippen LogP contribution in [-0.4, -0.2) is 60.4 Å². The van der Waals surface area contributed by atoms with Crippen molar-refractivity contribution >= 4 is 17.5 Å². The molecular formula is C22H25N3O6. The van der Waals surface area contributed by atoms with E-state index in [1.807, 2.05) is 12.1 Å². The average molecular weight is 427 g/mol. The van der Waals surface area contributed by atoms with Crippen LogP contribution in [0.1, 0.15) is 28.4 Å². The van der Waals surface area contributed by atoms with Crippen LogP contribution < -0.4 is 9.47 Å². The molecule has 1 aliphatic heterocycles. The summed E-state index contributed by atoms with van der Waals surface area (Å²) in [6.45, 7) is 2.93. The first-order chi connectivity index (χ1) is 14.9. The van der Waals surface area contributed by atoms with E-state index in [9.17, 15) is 19.7 Å². The maximum atomic E-state index is 12.9. The molecule has 0 atom stereocenters. The summed E-state index contributed by atoms with van der Waals surface area (Å²) in [7, 11) is 3.15. The molecule has 0 aromatic heterocycles. The summed E-state index contributed by atoms with van der Waals surface area (Å²) >= 11 is 0. The summed E-state index contributed by atoms with van der Waals surface area (Å²) in [6.07, 6.45) is 0.673. The number of carbonyl (C=O) groups excluding carboxylic acids is 2. The van der Waals surface area contributed by atoms with Crippen molar-refractivity contribution in [3.05, 3.63) is 63.2 Å². The van der Waals surface area contributed by atoms with E-state index in [-0.39, 0.29) is 23.7 Å². The Bertz CT molecular complexity index is 1010. The van der Waals surface area contributed by atoms with Crippen LogP contribution in [0.3, 0.4) is 0 Å². The van der Waals surface area contributed by atoms with Gasteiger partial charge in [0.15, 0.2) is 11.5 Å². The molecule has 0 fully saturated rings. The van der Waals surface area contributed by atoms with Crippen molar-refractivity contribution in [3.8, 4) is 11.5 Å². The van der Waals surface area contributed by atoms with E-state index in [1.165, 1.54) is 29.2 Å². The first-order valence-electron chi connectivity index (χ1n) is 9.93. The molecule has 1 aliphatic rings. The lowest BCUT2D eigenvalue weighted by molar-refractivity contribution is -0.384. The van der Waals surface area contributed by atoms with E-state index < -0.39 is 10.8 Å². The zero-order valence-electron chi connectivity index (χ0n) is 17.8.